The fraction of sp³-hybridized carbons (Fsp3) is 0.0645. The Morgan fingerprint density at radius 3 is 2.48 bits per heavy atom. The second-order valence-electron chi connectivity index (χ2n) is 9.15. The number of methoxy groups -OCH3 is 1. The monoisotopic (exact) mass is 552 g/mol. The summed E-state index contributed by atoms with van der Waals surface area (Å²) in [6, 6.07) is 24.7. The number of ether oxygens (including phenoxy) is 1. The summed E-state index contributed by atoms with van der Waals surface area (Å²) in [6.45, 7) is -0.348. The van der Waals surface area contributed by atoms with Gasteiger partial charge in [0.05, 0.1) is 34.2 Å². The van der Waals surface area contributed by atoms with Crippen LogP contribution in [0.25, 0.3) is 54.8 Å². The average molecular weight is 553 g/mol. The van der Waals surface area contributed by atoms with E-state index >= 15 is 0 Å². The average Bonchev–Trinajstić information content (AvgIpc) is 3.51. The summed E-state index contributed by atoms with van der Waals surface area (Å²) in [7, 11) is 1.52. The Bertz CT molecular complexity index is 1940. The van der Waals surface area contributed by atoms with E-state index in [1.807, 2.05) is 54.6 Å². The van der Waals surface area contributed by atoms with Crippen molar-refractivity contribution in [3.8, 4) is 39.4 Å². The lowest BCUT2D eigenvalue weighted by atomic mass is 9.99. The minimum Gasteiger partial charge on any atom is -0.497 e. The highest BCUT2D eigenvalue weighted by molar-refractivity contribution is 7.21. The van der Waals surface area contributed by atoms with E-state index in [2.05, 4.69) is 4.98 Å². The van der Waals surface area contributed by atoms with E-state index in [0.717, 1.165) is 33.4 Å². The Labute approximate surface area is 231 Å². The number of nitrogens with zero attached hydrogens (tertiary/aromatic N) is 2. The lowest BCUT2D eigenvalue weighted by molar-refractivity contribution is -0.137. The lowest BCUT2D eigenvalue weighted by Crippen LogP contribution is -2.10. The van der Waals surface area contributed by atoms with Crippen LogP contribution in [0.5, 0.6) is 5.75 Å². The van der Waals surface area contributed by atoms with Crippen molar-refractivity contribution in [2.24, 2.45) is 0 Å². The highest BCUT2D eigenvalue weighted by Gasteiger charge is 2.25. The molecule has 2 N–H and O–H groups in total. The van der Waals surface area contributed by atoms with Crippen LogP contribution in [0.15, 0.2) is 84.9 Å². The van der Waals surface area contributed by atoms with Crippen LogP contribution in [0, 0.1) is 5.82 Å². The molecule has 0 bridgehead atoms. The van der Waals surface area contributed by atoms with Crippen LogP contribution in [-0.4, -0.2) is 38.8 Å². The van der Waals surface area contributed by atoms with Crippen molar-refractivity contribution < 1.29 is 28.9 Å². The largest absolute Gasteiger partial charge is 0.497 e. The Kier molecular flexibility index (Phi) is 6.28. The summed E-state index contributed by atoms with van der Waals surface area (Å²) in [5, 5.41) is 20.2. The van der Waals surface area contributed by atoms with Gasteiger partial charge in [0, 0.05) is 16.5 Å². The van der Waals surface area contributed by atoms with Crippen LogP contribution in [0.2, 0.25) is 0 Å². The first-order valence-electron chi connectivity index (χ1n) is 12.3. The molecule has 0 saturated carbocycles. The topological polar surface area (TPSA) is 102 Å². The van der Waals surface area contributed by atoms with E-state index in [1.54, 1.807) is 22.8 Å². The fourth-order valence-electron chi connectivity index (χ4n) is 4.95. The zero-order chi connectivity index (χ0) is 28.0. The Hall–Kier alpha value is -5.02. The van der Waals surface area contributed by atoms with Gasteiger partial charge in [-0.05, 0) is 53.6 Å². The molecule has 0 aliphatic carbocycles. The minimum absolute atomic E-state index is 0.132. The van der Waals surface area contributed by atoms with Gasteiger partial charge in [-0.1, -0.05) is 42.5 Å². The molecule has 0 unspecified atom stereocenters. The van der Waals surface area contributed by atoms with E-state index in [4.69, 9.17) is 4.74 Å². The van der Waals surface area contributed by atoms with Gasteiger partial charge in [0.25, 0.3) is 0 Å². The molecule has 0 aliphatic heterocycles. The molecule has 0 amide bonds. The quantitative estimate of drug-likeness (QED) is 0.218. The molecular formula is C31H21FN2O5S. The molecular weight excluding hydrogens is 531 g/mol. The molecule has 3 aromatic heterocycles. The molecule has 0 fully saturated rings. The van der Waals surface area contributed by atoms with Gasteiger partial charge >= 0.3 is 11.9 Å². The Balaban J connectivity index is 1.57. The van der Waals surface area contributed by atoms with Crippen LogP contribution in [0.3, 0.4) is 0 Å². The summed E-state index contributed by atoms with van der Waals surface area (Å²) < 4.78 is 22.2. The third-order valence-electron chi connectivity index (χ3n) is 6.72. The summed E-state index contributed by atoms with van der Waals surface area (Å²) in [5.41, 5.74) is 4.96. The van der Waals surface area contributed by atoms with Gasteiger partial charge in [0.2, 0.25) is 0 Å². The predicted octanol–water partition coefficient (Wildman–Crippen LogP) is 7.18. The third kappa shape index (κ3) is 4.36. The smallest absolute Gasteiger partial charge is 0.345 e. The van der Waals surface area contributed by atoms with Crippen molar-refractivity contribution in [2.45, 2.75) is 6.54 Å². The number of halogens is 1. The van der Waals surface area contributed by atoms with Crippen molar-refractivity contribution in [1.29, 1.82) is 0 Å². The maximum absolute atomic E-state index is 14.6. The number of hydrogen-bond acceptors (Lipinski definition) is 5. The standard InChI is InChI=1S/C31H21FN2O5S/c1-39-20-9-10-22(32)21(14-20)24-12-7-18-13-19(8-11-23(18)33-24)29-28(17-5-3-2-4-6-17)30-25(34(29)16-27(35)36)15-26(40-30)31(37)38/h2-15H,16H2,1H3,(H,35,36)(H,37,38). The first-order chi connectivity index (χ1) is 19.3. The third-order valence-corrected chi connectivity index (χ3v) is 7.85. The number of hydrogen-bond donors (Lipinski definition) is 2. The number of carbonyl (C=O) groups is 2. The predicted molar refractivity (Wildman–Crippen MR) is 153 cm³/mol. The summed E-state index contributed by atoms with van der Waals surface area (Å²) in [5.74, 6) is -2.01. The van der Waals surface area contributed by atoms with Gasteiger partial charge in [-0.2, -0.15) is 0 Å². The SMILES string of the molecule is COc1ccc(F)c(-c2ccc3cc(-c4c(-c5ccccc5)c5sc(C(=O)O)cc5n4CC(=O)O)ccc3n2)c1. The summed E-state index contributed by atoms with van der Waals surface area (Å²) in [6.07, 6.45) is 0. The number of aliphatic carboxylic acids is 1. The van der Waals surface area contributed by atoms with Gasteiger partial charge in [-0.15, -0.1) is 11.3 Å². The van der Waals surface area contributed by atoms with Gasteiger partial charge in [-0.25, -0.2) is 14.2 Å². The fourth-order valence-corrected chi connectivity index (χ4v) is 6.02. The molecule has 40 heavy (non-hydrogen) atoms. The molecule has 0 radical (unpaired) electrons. The van der Waals surface area contributed by atoms with Gasteiger partial charge in [0.1, 0.15) is 23.0 Å². The number of thiophene rings is 1. The summed E-state index contributed by atoms with van der Waals surface area (Å²) in [4.78, 5) is 28.5. The molecule has 0 atom stereocenters. The molecule has 3 aromatic carbocycles. The number of carboxylic acids is 2. The number of fused-ring (bicyclic) bond motifs is 2. The minimum atomic E-state index is -1.07. The molecule has 6 aromatic rings. The molecule has 0 aliphatic rings. The van der Waals surface area contributed by atoms with Gasteiger partial charge in [-0.3, -0.25) is 4.79 Å². The zero-order valence-corrected chi connectivity index (χ0v) is 21.9. The lowest BCUT2D eigenvalue weighted by Gasteiger charge is -2.13. The van der Waals surface area contributed by atoms with Crippen LogP contribution in [0.4, 0.5) is 4.39 Å². The molecule has 7 nitrogen and oxygen atoms in total. The first kappa shape index (κ1) is 25.3. The summed E-state index contributed by atoms with van der Waals surface area (Å²) >= 11 is 1.12. The maximum atomic E-state index is 14.6. The Morgan fingerprint density at radius 2 is 1.75 bits per heavy atom. The van der Waals surface area contributed by atoms with Crippen molar-refractivity contribution in [1.82, 2.24) is 9.55 Å². The number of aromatic carboxylic acids is 1. The molecule has 198 valence electrons. The van der Waals surface area contributed by atoms with E-state index in [1.165, 1.54) is 19.2 Å². The molecule has 0 spiro atoms. The van der Waals surface area contributed by atoms with Crippen molar-refractivity contribution in [2.75, 3.05) is 7.11 Å². The molecule has 6 rings (SSSR count). The van der Waals surface area contributed by atoms with E-state index in [0.29, 0.717) is 38.4 Å². The Morgan fingerprint density at radius 1 is 0.950 bits per heavy atom. The normalized spacial score (nSPS) is 11.2. The maximum Gasteiger partial charge on any atom is 0.345 e. The highest BCUT2D eigenvalue weighted by atomic mass is 32.1. The molecule has 9 heteroatoms. The number of benzene rings is 3. The first-order valence-corrected chi connectivity index (χ1v) is 13.1. The van der Waals surface area contributed by atoms with E-state index < -0.39 is 17.8 Å². The van der Waals surface area contributed by atoms with Crippen LogP contribution >= 0.6 is 11.3 Å². The van der Waals surface area contributed by atoms with E-state index in [-0.39, 0.29) is 11.4 Å². The van der Waals surface area contributed by atoms with Crippen LogP contribution < -0.4 is 4.74 Å². The second-order valence-corrected chi connectivity index (χ2v) is 10.2. The molecule has 0 saturated heterocycles. The second kappa shape index (κ2) is 9.94. The highest BCUT2D eigenvalue weighted by Crippen LogP contribution is 2.45. The number of aromatic nitrogens is 2. The number of carboxylic acid groups (broad SMARTS) is 2. The number of pyridine rings is 1. The van der Waals surface area contributed by atoms with Crippen LogP contribution in [0.1, 0.15) is 9.67 Å². The van der Waals surface area contributed by atoms with Gasteiger partial charge < -0.3 is 19.5 Å². The van der Waals surface area contributed by atoms with Crippen molar-refractivity contribution >= 4 is 44.4 Å². The van der Waals surface area contributed by atoms with E-state index in [9.17, 15) is 24.2 Å². The van der Waals surface area contributed by atoms with Crippen molar-refractivity contribution in [3.05, 3.63) is 95.6 Å². The van der Waals surface area contributed by atoms with Crippen LogP contribution in [-0.2, 0) is 11.3 Å². The zero-order valence-electron chi connectivity index (χ0n) is 21.1. The van der Waals surface area contributed by atoms with Crippen molar-refractivity contribution in [3.63, 3.8) is 0 Å². The number of rotatable bonds is 7. The molecule has 3 heterocycles. The van der Waals surface area contributed by atoms with Gasteiger partial charge in [0.15, 0.2) is 0 Å².